The summed E-state index contributed by atoms with van der Waals surface area (Å²) in [6, 6.07) is 7.61. The van der Waals surface area contributed by atoms with E-state index < -0.39 is 0 Å². The van der Waals surface area contributed by atoms with Crippen LogP contribution in [0.1, 0.15) is 45.1 Å². The summed E-state index contributed by atoms with van der Waals surface area (Å²) in [6.45, 7) is 3.47. The molecule has 22 heavy (non-hydrogen) atoms. The van der Waals surface area contributed by atoms with Gasteiger partial charge in [0.25, 0.3) is 0 Å². The Hall–Kier alpha value is -2.10. The summed E-state index contributed by atoms with van der Waals surface area (Å²) in [4.78, 5) is 15.8. The predicted molar refractivity (Wildman–Crippen MR) is 89.3 cm³/mol. The van der Waals surface area contributed by atoms with Gasteiger partial charge in [-0.05, 0) is 44.9 Å². The van der Waals surface area contributed by atoms with Crippen LogP contribution in [-0.4, -0.2) is 29.2 Å². The molecule has 0 saturated heterocycles. The van der Waals surface area contributed by atoms with Gasteiger partial charge in [0.15, 0.2) is 5.78 Å². The highest BCUT2D eigenvalue weighted by molar-refractivity contribution is 5.87. The summed E-state index contributed by atoms with van der Waals surface area (Å²) in [5, 5.41) is 13.2. The molecule has 0 heterocycles. The minimum absolute atomic E-state index is 0.0510. The Kier molecular flexibility index (Phi) is 5.75. The first-order chi connectivity index (χ1) is 10.6. The molecule has 1 aliphatic rings. The van der Waals surface area contributed by atoms with Gasteiger partial charge < -0.3 is 10.4 Å². The average Bonchev–Trinajstić information content (AvgIpc) is 2.47. The number of carbonyl (C=O) groups excluding carboxylic acids is 1. The van der Waals surface area contributed by atoms with Gasteiger partial charge in [-0.1, -0.05) is 25.0 Å². The number of phenolic OH excluding ortho intramolecular Hbond substituents is 1. The van der Waals surface area contributed by atoms with E-state index in [0.29, 0.717) is 0 Å². The maximum Gasteiger partial charge on any atom is 0.154 e. The number of aliphatic imine (C=N–C) groups is 1. The van der Waals surface area contributed by atoms with Crippen LogP contribution >= 0.6 is 0 Å². The number of aromatic hydroxyl groups is 1. The van der Waals surface area contributed by atoms with E-state index in [1.807, 2.05) is 19.1 Å². The Labute approximate surface area is 132 Å². The molecule has 1 fully saturated rings. The second-order valence-corrected chi connectivity index (χ2v) is 5.88. The van der Waals surface area contributed by atoms with Crippen molar-refractivity contribution in [2.75, 3.05) is 0 Å². The van der Waals surface area contributed by atoms with Crippen molar-refractivity contribution < 1.29 is 9.90 Å². The standard InChI is InChI=1S/C18H24N2O2/c1-13(11-14(2)21)20-17-9-5-4-8-16(17)19-12-15-7-3-6-10-18(15)22/h3,6-7,10-12,16-17,20,22H,4-5,8-9H2,1-2H3/b13-11+,19-12?/t16-,17-/m1/s1. The molecular weight excluding hydrogens is 276 g/mol. The van der Waals surface area contributed by atoms with Gasteiger partial charge in [0.05, 0.1) is 6.04 Å². The molecule has 2 rings (SSSR count). The number of allylic oxidation sites excluding steroid dienone is 2. The highest BCUT2D eigenvalue weighted by Gasteiger charge is 2.24. The second kappa shape index (κ2) is 7.78. The van der Waals surface area contributed by atoms with Gasteiger partial charge in [-0.3, -0.25) is 9.79 Å². The third-order valence-electron chi connectivity index (χ3n) is 3.90. The van der Waals surface area contributed by atoms with Crippen molar-refractivity contribution in [3.8, 4) is 5.75 Å². The molecule has 0 amide bonds. The van der Waals surface area contributed by atoms with Gasteiger partial charge in [-0.25, -0.2) is 0 Å². The number of nitrogens with zero attached hydrogens (tertiary/aromatic N) is 1. The highest BCUT2D eigenvalue weighted by atomic mass is 16.3. The molecule has 118 valence electrons. The molecule has 1 aromatic carbocycles. The zero-order chi connectivity index (χ0) is 15.9. The maximum absolute atomic E-state index is 11.2. The lowest BCUT2D eigenvalue weighted by atomic mass is 9.90. The van der Waals surface area contributed by atoms with Gasteiger partial charge in [0.1, 0.15) is 5.75 Å². The van der Waals surface area contributed by atoms with Crippen LogP contribution in [0.3, 0.4) is 0 Å². The number of benzene rings is 1. The summed E-state index contributed by atoms with van der Waals surface area (Å²) in [6.07, 6.45) is 7.79. The Morgan fingerprint density at radius 1 is 1.27 bits per heavy atom. The van der Waals surface area contributed by atoms with E-state index in [-0.39, 0.29) is 23.6 Å². The predicted octanol–water partition coefficient (Wildman–Crippen LogP) is 3.20. The molecule has 2 atom stereocenters. The quantitative estimate of drug-likeness (QED) is 0.648. The van der Waals surface area contributed by atoms with E-state index >= 15 is 0 Å². The Morgan fingerprint density at radius 2 is 2.00 bits per heavy atom. The third kappa shape index (κ3) is 4.72. The monoisotopic (exact) mass is 300 g/mol. The Morgan fingerprint density at radius 3 is 2.73 bits per heavy atom. The summed E-state index contributed by atoms with van der Waals surface area (Å²) in [5.74, 6) is 0.300. The number of rotatable bonds is 5. The molecule has 0 radical (unpaired) electrons. The summed E-state index contributed by atoms with van der Waals surface area (Å²) < 4.78 is 0. The number of hydrogen-bond donors (Lipinski definition) is 2. The van der Waals surface area contributed by atoms with E-state index in [1.54, 1.807) is 31.3 Å². The molecule has 2 N–H and O–H groups in total. The molecular formula is C18H24N2O2. The molecule has 0 aliphatic heterocycles. The van der Waals surface area contributed by atoms with E-state index in [4.69, 9.17) is 0 Å². The minimum Gasteiger partial charge on any atom is -0.507 e. The fourth-order valence-electron chi connectivity index (χ4n) is 2.87. The Balaban J connectivity index is 2.07. The number of carbonyl (C=O) groups is 1. The fourth-order valence-corrected chi connectivity index (χ4v) is 2.87. The van der Waals surface area contributed by atoms with E-state index in [9.17, 15) is 9.90 Å². The van der Waals surface area contributed by atoms with Gasteiger partial charge in [-0.15, -0.1) is 0 Å². The first-order valence-electron chi connectivity index (χ1n) is 7.83. The van der Waals surface area contributed by atoms with E-state index in [2.05, 4.69) is 10.3 Å². The van der Waals surface area contributed by atoms with Crippen LogP contribution in [0.4, 0.5) is 0 Å². The van der Waals surface area contributed by atoms with Crippen LogP contribution in [0.2, 0.25) is 0 Å². The van der Waals surface area contributed by atoms with Gasteiger partial charge in [-0.2, -0.15) is 0 Å². The van der Waals surface area contributed by atoms with Gasteiger partial charge >= 0.3 is 0 Å². The van der Waals surface area contributed by atoms with Gasteiger partial charge in [0, 0.05) is 23.5 Å². The smallest absolute Gasteiger partial charge is 0.154 e. The van der Waals surface area contributed by atoms with Crippen LogP contribution in [0.15, 0.2) is 41.0 Å². The normalized spacial score (nSPS) is 22.7. The molecule has 1 saturated carbocycles. The van der Waals surface area contributed by atoms with Gasteiger partial charge in [0.2, 0.25) is 0 Å². The lowest BCUT2D eigenvalue weighted by molar-refractivity contribution is -0.112. The molecule has 1 aromatic rings. The first-order valence-corrected chi connectivity index (χ1v) is 7.83. The lowest BCUT2D eigenvalue weighted by Crippen LogP contribution is -2.40. The van der Waals surface area contributed by atoms with Crippen molar-refractivity contribution in [3.05, 3.63) is 41.6 Å². The maximum atomic E-state index is 11.2. The van der Waals surface area contributed by atoms with E-state index in [1.165, 1.54) is 6.42 Å². The Bertz CT molecular complexity index is 578. The number of para-hydroxylation sites is 1. The van der Waals surface area contributed by atoms with E-state index in [0.717, 1.165) is 30.5 Å². The minimum atomic E-state index is 0.0510. The third-order valence-corrected chi connectivity index (χ3v) is 3.90. The van der Waals surface area contributed by atoms with Crippen LogP contribution in [0.25, 0.3) is 0 Å². The van der Waals surface area contributed by atoms with Crippen molar-refractivity contribution in [2.45, 2.75) is 51.6 Å². The summed E-state index contributed by atoms with van der Waals surface area (Å²) >= 11 is 0. The lowest BCUT2D eigenvalue weighted by Gasteiger charge is -2.30. The molecule has 0 unspecified atom stereocenters. The molecule has 4 heteroatoms. The zero-order valence-corrected chi connectivity index (χ0v) is 13.2. The van der Waals surface area contributed by atoms with Crippen molar-refractivity contribution in [2.24, 2.45) is 4.99 Å². The van der Waals surface area contributed by atoms with Crippen LogP contribution in [0.5, 0.6) is 5.75 Å². The number of nitrogens with one attached hydrogen (secondary N) is 1. The largest absolute Gasteiger partial charge is 0.507 e. The van der Waals surface area contributed by atoms with Crippen LogP contribution in [0, 0.1) is 0 Å². The van der Waals surface area contributed by atoms with Crippen LogP contribution < -0.4 is 5.32 Å². The van der Waals surface area contributed by atoms with Crippen molar-refractivity contribution in [1.82, 2.24) is 5.32 Å². The summed E-state index contributed by atoms with van der Waals surface area (Å²) in [5.41, 5.74) is 1.63. The van der Waals surface area contributed by atoms with Crippen molar-refractivity contribution >= 4 is 12.0 Å². The molecule has 0 aromatic heterocycles. The number of hydrogen-bond acceptors (Lipinski definition) is 4. The topological polar surface area (TPSA) is 61.7 Å². The fraction of sp³-hybridized carbons (Fsp3) is 0.444. The average molecular weight is 300 g/mol. The molecule has 0 spiro atoms. The molecule has 4 nitrogen and oxygen atoms in total. The number of ketones is 1. The van der Waals surface area contributed by atoms with Crippen molar-refractivity contribution in [3.63, 3.8) is 0 Å². The first kappa shape index (κ1) is 16.3. The molecule has 1 aliphatic carbocycles. The zero-order valence-electron chi connectivity index (χ0n) is 13.2. The van der Waals surface area contributed by atoms with Crippen LogP contribution in [-0.2, 0) is 4.79 Å². The second-order valence-electron chi connectivity index (χ2n) is 5.88. The van der Waals surface area contributed by atoms with Crippen molar-refractivity contribution in [1.29, 1.82) is 0 Å². The SMILES string of the molecule is CC(=O)/C=C(\C)N[C@@H]1CCCC[C@H]1N=Cc1ccccc1O. The number of phenols is 1. The highest BCUT2D eigenvalue weighted by Crippen LogP contribution is 2.23. The summed E-state index contributed by atoms with van der Waals surface area (Å²) in [7, 11) is 0. The molecule has 0 bridgehead atoms.